The van der Waals surface area contributed by atoms with Gasteiger partial charge in [0, 0.05) is 12.1 Å². The normalized spacial score (nSPS) is 26.2. The molecule has 2 unspecified atom stereocenters. The zero-order valence-corrected chi connectivity index (χ0v) is 14.6. The molecular formula is C17H35N3O. The van der Waals surface area contributed by atoms with Crippen molar-refractivity contribution in [3.63, 3.8) is 0 Å². The molecule has 124 valence electrons. The van der Waals surface area contributed by atoms with E-state index in [9.17, 15) is 4.79 Å². The van der Waals surface area contributed by atoms with Crippen LogP contribution >= 0.6 is 0 Å². The molecule has 1 aliphatic rings. The molecule has 0 aromatic rings. The maximum atomic E-state index is 12.1. The third-order valence-electron chi connectivity index (χ3n) is 5.20. The highest BCUT2D eigenvalue weighted by Gasteiger charge is 2.47. The van der Waals surface area contributed by atoms with Gasteiger partial charge in [-0.3, -0.25) is 4.79 Å². The van der Waals surface area contributed by atoms with Crippen LogP contribution in [0.3, 0.4) is 0 Å². The number of primary amides is 1. The van der Waals surface area contributed by atoms with E-state index in [1.165, 1.54) is 12.8 Å². The molecule has 0 aromatic heterocycles. The number of amides is 1. The molecule has 4 nitrogen and oxygen atoms in total. The summed E-state index contributed by atoms with van der Waals surface area (Å²) < 4.78 is 0. The molecule has 2 atom stereocenters. The molecule has 21 heavy (non-hydrogen) atoms. The quantitative estimate of drug-likeness (QED) is 0.687. The molecule has 0 aliphatic heterocycles. The highest BCUT2D eigenvalue weighted by Crippen LogP contribution is 2.38. The summed E-state index contributed by atoms with van der Waals surface area (Å²) >= 11 is 0. The lowest BCUT2D eigenvalue weighted by Gasteiger charge is -2.37. The van der Waals surface area contributed by atoms with Crippen molar-refractivity contribution >= 4 is 5.91 Å². The maximum Gasteiger partial charge on any atom is 0.238 e. The van der Waals surface area contributed by atoms with Crippen LogP contribution in [0.15, 0.2) is 0 Å². The van der Waals surface area contributed by atoms with Crippen LogP contribution < -0.4 is 11.1 Å². The summed E-state index contributed by atoms with van der Waals surface area (Å²) in [5.74, 6) is 0.207. The Bertz CT molecular complexity index is 328. The van der Waals surface area contributed by atoms with E-state index in [1.54, 1.807) is 0 Å². The van der Waals surface area contributed by atoms with E-state index >= 15 is 0 Å². The van der Waals surface area contributed by atoms with Gasteiger partial charge in [0.2, 0.25) is 5.91 Å². The van der Waals surface area contributed by atoms with Gasteiger partial charge in [0.05, 0.1) is 0 Å². The van der Waals surface area contributed by atoms with Gasteiger partial charge in [0.25, 0.3) is 0 Å². The molecular weight excluding hydrogens is 262 g/mol. The Labute approximate surface area is 130 Å². The second-order valence-corrected chi connectivity index (χ2v) is 6.96. The number of hydrogen-bond donors (Lipinski definition) is 2. The Hall–Kier alpha value is -0.610. The second kappa shape index (κ2) is 8.14. The van der Waals surface area contributed by atoms with E-state index in [-0.39, 0.29) is 11.9 Å². The second-order valence-electron chi connectivity index (χ2n) is 6.96. The van der Waals surface area contributed by atoms with E-state index in [0.29, 0.717) is 12.0 Å². The zero-order valence-electron chi connectivity index (χ0n) is 14.6. The SMILES string of the molecule is CCC(CC)N(C)CCC1CCCC1(NC(C)C)C(N)=O. The standard InChI is InChI=1S/C17H35N3O/c1-6-15(7-2)20(5)12-10-14-9-8-11-17(14,16(18)21)19-13(3)4/h13-15,19H,6-12H2,1-5H3,(H2,18,21). The van der Waals surface area contributed by atoms with Crippen LogP contribution in [0, 0.1) is 5.92 Å². The fourth-order valence-corrected chi connectivity index (χ4v) is 4.02. The summed E-state index contributed by atoms with van der Waals surface area (Å²) in [5.41, 5.74) is 5.29. The number of rotatable bonds is 9. The van der Waals surface area contributed by atoms with Crippen LogP contribution in [-0.2, 0) is 4.79 Å². The molecule has 0 aromatic carbocycles. The van der Waals surface area contributed by atoms with Gasteiger partial charge in [-0.25, -0.2) is 0 Å². The molecule has 1 saturated carbocycles. The molecule has 0 saturated heterocycles. The summed E-state index contributed by atoms with van der Waals surface area (Å²) in [7, 11) is 2.20. The first kappa shape index (κ1) is 18.4. The zero-order chi connectivity index (χ0) is 16.0. The van der Waals surface area contributed by atoms with Gasteiger partial charge in [0.15, 0.2) is 0 Å². The van der Waals surface area contributed by atoms with Gasteiger partial charge < -0.3 is 16.0 Å². The summed E-state index contributed by atoms with van der Waals surface area (Å²) in [4.78, 5) is 14.6. The molecule has 1 amide bonds. The molecule has 0 spiro atoms. The number of nitrogens with two attached hydrogens (primary N) is 1. The van der Waals surface area contributed by atoms with Crippen LogP contribution in [0.2, 0.25) is 0 Å². The van der Waals surface area contributed by atoms with E-state index in [2.05, 4.69) is 45.0 Å². The lowest BCUT2D eigenvalue weighted by molar-refractivity contribution is -0.126. The summed E-state index contributed by atoms with van der Waals surface area (Å²) in [6.07, 6.45) is 6.52. The largest absolute Gasteiger partial charge is 0.368 e. The smallest absolute Gasteiger partial charge is 0.238 e. The molecule has 1 aliphatic carbocycles. The maximum absolute atomic E-state index is 12.1. The monoisotopic (exact) mass is 297 g/mol. The third kappa shape index (κ3) is 4.43. The average molecular weight is 297 g/mol. The molecule has 1 fully saturated rings. The first-order valence-electron chi connectivity index (χ1n) is 8.65. The number of nitrogens with one attached hydrogen (secondary N) is 1. The fraction of sp³-hybridized carbons (Fsp3) is 0.941. The Balaban J connectivity index is 2.69. The van der Waals surface area contributed by atoms with Gasteiger partial charge in [-0.05, 0) is 65.5 Å². The Kier molecular flexibility index (Phi) is 7.14. The number of nitrogens with zero attached hydrogens (tertiary/aromatic N) is 1. The third-order valence-corrected chi connectivity index (χ3v) is 5.20. The highest BCUT2D eigenvalue weighted by molar-refractivity contribution is 5.85. The lowest BCUT2D eigenvalue weighted by Crippen LogP contribution is -2.60. The van der Waals surface area contributed by atoms with Crippen molar-refractivity contribution in [2.24, 2.45) is 11.7 Å². The van der Waals surface area contributed by atoms with Crippen molar-refractivity contribution in [3.8, 4) is 0 Å². The van der Waals surface area contributed by atoms with Crippen molar-refractivity contribution in [2.75, 3.05) is 13.6 Å². The van der Waals surface area contributed by atoms with Gasteiger partial charge >= 0.3 is 0 Å². The van der Waals surface area contributed by atoms with Gasteiger partial charge in [0.1, 0.15) is 5.54 Å². The minimum absolute atomic E-state index is 0.163. The van der Waals surface area contributed by atoms with Gasteiger partial charge in [-0.15, -0.1) is 0 Å². The Morgan fingerprint density at radius 3 is 2.48 bits per heavy atom. The fourth-order valence-electron chi connectivity index (χ4n) is 4.02. The van der Waals surface area contributed by atoms with E-state index < -0.39 is 5.54 Å². The number of carbonyl (C=O) groups is 1. The van der Waals surface area contributed by atoms with E-state index in [1.807, 2.05) is 0 Å². The topological polar surface area (TPSA) is 58.4 Å². The van der Waals surface area contributed by atoms with Crippen LogP contribution in [0.1, 0.15) is 66.2 Å². The lowest BCUT2D eigenvalue weighted by atomic mass is 9.83. The van der Waals surface area contributed by atoms with Gasteiger partial charge in [-0.1, -0.05) is 20.3 Å². The first-order chi connectivity index (χ1) is 9.87. The first-order valence-corrected chi connectivity index (χ1v) is 8.65. The van der Waals surface area contributed by atoms with E-state index in [4.69, 9.17) is 5.73 Å². The number of hydrogen-bond acceptors (Lipinski definition) is 3. The Morgan fingerprint density at radius 1 is 1.38 bits per heavy atom. The van der Waals surface area contributed by atoms with Crippen molar-refractivity contribution < 1.29 is 4.79 Å². The summed E-state index contributed by atoms with van der Waals surface area (Å²) in [6, 6.07) is 0.933. The van der Waals surface area contributed by atoms with Crippen molar-refractivity contribution in [1.29, 1.82) is 0 Å². The van der Waals surface area contributed by atoms with Gasteiger partial charge in [-0.2, -0.15) is 0 Å². The molecule has 0 radical (unpaired) electrons. The molecule has 0 bridgehead atoms. The molecule has 3 N–H and O–H groups in total. The van der Waals surface area contributed by atoms with Crippen LogP contribution in [0.4, 0.5) is 0 Å². The van der Waals surface area contributed by atoms with Crippen LogP contribution in [0.25, 0.3) is 0 Å². The summed E-state index contributed by atoms with van der Waals surface area (Å²) in [6.45, 7) is 9.72. The average Bonchev–Trinajstić information content (AvgIpc) is 2.81. The predicted octanol–water partition coefficient (Wildman–Crippen LogP) is 2.52. The summed E-state index contributed by atoms with van der Waals surface area (Å²) in [5, 5.41) is 3.49. The van der Waals surface area contributed by atoms with Crippen molar-refractivity contribution in [2.45, 2.75) is 83.8 Å². The van der Waals surface area contributed by atoms with Crippen molar-refractivity contribution in [1.82, 2.24) is 10.2 Å². The van der Waals surface area contributed by atoms with Crippen LogP contribution in [-0.4, -0.2) is 42.0 Å². The highest BCUT2D eigenvalue weighted by atomic mass is 16.1. The minimum Gasteiger partial charge on any atom is -0.368 e. The van der Waals surface area contributed by atoms with Crippen LogP contribution in [0.5, 0.6) is 0 Å². The molecule has 4 heteroatoms. The van der Waals surface area contributed by atoms with E-state index in [0.717, 1.165) is 32.2 Å². The molecule has 1 rings (SSSR count). The minimum atomic E-state index is -0.483. The molecule has 0 heterocycles. The number of carbonyl (C=O) groups excluding carboxylic acids is 1. The Morgan fingerprint density at radius 2 is 2.00 bits per heavy atom. The predicted molar refractivity (Wildman–Crippen MR) is 89.2 cm³/mol. The van der Waals surface area contributed by atoms with Crippen molar-refractivity contribution in [3.05, 3.63) is 0 Å².